The minimum absolute atomic E-state index is 0.00584. The van der Waals surface area contributed by atoms with E-state index in [1.54, 1.807) is 106 Å². The zero-order valence-electron chi connectivity index (χ0n) is 61.0. The molecule has 0 aromatic rings. The summed E-state index contributed by atoms with van der Waals surface area (Å²) in [5.41, 5.74) is 0.997. The first-order chi connectivity index (χ1) is 45.3. The van der Waals surface area contributed by atoms with Gasteiger partial charge in [0.25, 0.3) is 0 Å². The van der Waals surface area contributed by atoms with Crippen LogP contribution in [0.25, 0.3) is 0 Å². The number of carbonyl (C=O) groups is 1. The molecule has 97 heavy (non-hydrogen) atoms. The lowest BCUT2D eigenvalue weighted by molar-refractivity contribution is -0.351. The third-order valence-electron chi connectivity index (χ3n) is 21.7. The number of esters is 1. The molecule has 3 rings (SSSR count). The minimum Gasteiger partial charge on any atom is -0.458 e. The summed E-state index contributed by atoms with van der Waals surface area (Å²) in [6.07, 6.45) is -8.67. The van der Waals surface area contributed by atoms with E-state index in [0.717, 1.165) is 12.8 Å². The highest BCUT2D eigenvalue weighted by Gasteiger charge is 2.53. The number of carbonyl (C=O) groups excluding carboxylic acids is 1. The van der Waals surface area contributed by atoms with Crippen molar-refractivity contribution >= 4 is 5.97 Å². The van der Waals surface area contributed by atoms with Crippen LogP contribution in [0.4, 0.5) is 0 Å². The first-order valence-corrected chi connectivity index (χ1v) is 36.4. The Hall–Kier alpha value is -2.41. The number of aliphatic hydroxyl groups excluding tert-OH is 16. The first kappa shape index (κ1) is 88.8. The average molecular weight is 1390 g/mol. The van der Waals surface area contributed by atoms with E-state index in [2.05, 4.69) is 20.8 Å². The van der Waals surface area contributed by atoms with Crippen molar-refractivity contribution < 1.29 is 111 Å². The third-order valence-corrected chi connectivity index (χ3v) is 21.7. The van der Waals surface area contributed by atoms with Gasteiger partial charge in [0.05, 0.1) is 122 Å². The molecule has 2 bridgehead atoms. The van der Waals surface area contributed by atoms with Gasteiger partial charge in [0.15, 0.2) is 12.1 Å². The highest BCUT2D eigenvalue weighted by atomic mass is 16.7. The first-order valence-electron chi connectivity index (χ1n) is 36.4. The van der Waals surface area contributed by atoms with E-state index in [4.69, 9.17) is 18.9 Å². The molecule has 5 unspecified atom stereocenters. The van der Waals surface area contributed by atoms with E-state index in [1.165, 1.54) is 12.2 Å². The van der Waals surface area contributed by atoms with Crippen LogP contribution in [0.15, 0.2) is 47.6 Å². The van der Waals surface area contributed by atoms with Gasteiger partial charge >= 0.3 is 5.97 Å². The lowest BCUT2D eigenvalue weighted by Gasteiger charge is -2.50. The molecule has 23 heteroatoms. The van der Waals surface area contributed by atoms with Crippen LogP contribution in [-0.2, 0) is 23.7 Å². The van der Waals surface area contributed by atoms with E-state index < -0.39 is 182 Å². The number of cyclic esters (lactones) is 1. The second-order valence-corrected chi connectivity index (χ2v) is 30.5. The largest absolute Gasteiger partial charge is 0.458 e. The van der Waals surface area contributed by atoms with Crippen LogP contribution in [0.1, 0.15) is 212 Å². The quantitative estimate of drug-likeness (QED) is 0.115. The molecule has 3 aliphatic rings. The van der Waals surface area contributed by atoms with Crippen molar-refractivity contribution in [2.24, 2.45) is 47.3 Å². The molecule has 0 aromatic heterocycles. The molecular formula is C74H135NO22. The van der Waals surface area contributed by atoms with Gasteiger partial charge in [-0.05, 0) is 167 Å². The number of hydrogen-bond acceptors (Lipinski definition) is 23. The maximum atomic E-state index is 13.8. The van der Waals surface area contributed by atoms with E-state index in [9.17, 15) is 91.6 Å². The van der Waals surface area contributed by atoms with Gasteiger partial charge in [0.2, 0.25) is 0 Å². The van der Waals surface area contributed by atoms with E-state index in [0.29, 0.717) is 48.7 Å². The average Bonchev–Trinajstić information content (AvgIpc) is 0.771. The monoisotopic (exact) mass is 1390 g/mol. The highest BCUT2D eigenvalue weighted by molar-refractivity contribution is 5.71. The molecule has 3 aliphatic heterocycles. The maximum absolute atomic E-state index is 13.8. The van der Waals surface area contributed by atoms with Crippen molar-refractivity contribution in [2.75, 3.05) is 14.1 Å². The smallest absolute Gasteiger partial charge is 0.311 e. The van der Waals surface area contributed by atoms with Crippen LogP contribution in [0.2, 0.25) is 0 Å². The highest BCUT2D eigenvalue weighted by Crippen LogP contribution is 2.42. The number of hydrogen-bond donors (Lipinski definition) is 17. The lowest BCUT2D eigenvalue weighted by Crippen LogP contribution is -2.64. The minimum atomic E-state index is -2.26. The normalized spacial score (nSPS) is 44.4. The summed E-state index contributed by atoms with van der Waals surface area (Å²) in [6.45, 7) is 21.6. The van der Waals surface area contributed by atoms with Crippen LogP contribution >= 0.6 is 0 Å². The standard InChI is InChI=1S/C74H135NO22/c1-41(2)42(3)21-17-22-52-34-45(6)64(87)37-54(77)24-19-27-59(82)47(8)58(81)25-16-15-20-44(5)69(89)49(10)65-39-66(96-73-72(92)68(75(13)14)70(90)51(12)95-73)50(11)74(93,97-65)40-67(88)94-46(7)29-30-55(78)35-53(76)23-18-26-60(83)48(9)61(84)32-28-43(4)63(86)38-57(80)36-56(79)31-33-62(85)71(52)91/h15-16,20,29-30,34,41-43,46-66,68-73,76-87,89-93H,17-19,21-28,31-33,35-40H2,1-14H3/b16-15+,30-29+,44-20+,45-34+/t42?,43-,46?,47-,48+,49+,50+,51+,52-,53-,54+,55+,56+,57-,58+,59-,60-,61+,62?,63+,64-,65-,66-,68-,69+,70+,71+,72+,73?,74?/m0/s1. The lowest BCUT2D eigenvalue weighted by atomic mass is 9.80. The number of nitrogens with zero attached hydrogens (tertiary/aromatic N) is 1. The molecule has 568 valence electrons. The van der Waals surface area contributed by atoms with Crippen molar-refractivity contribution in [1.29, 1.82) is 0 Å². The molecule has 30 atom stereocenters. The Morgan fingerprint density at radius 2 is 1.19 bits per heavy atom. The fraction of sp³-hybridized carbons (Fsp3) is 0.878. The summed E-state index contributed by atoms with van der Waals surface area (Å²) < 4.78 is 24.5. The van der Waals surface area contributed by atoms with Crippen molar-refractivity contribution in [3.8, 4) is 0 Å². The topological polar surface area (TPSA) is 401 Å². The van der Waals surface area contributed by atoms with Gasteiger partial charge in [-0.2, -0.15) is 0 Å². The summed E-state index contributed by atoms with van der Waals surface area (Å²) in [4.78, 5) is 15.4. The number of likely N-dealkylation sites (N-methyl/N-ethyl adjacent to an activating group) is 1. The molecule has 0 spiro atoms. The van der Waals surface area contributed by atoms with Gasteiger partial charge in [-0.3, -0.25) is 4.79 Å². The van der Waals surface area contributed by atoms with Crippen molar-refractivity contribution in [2.45, 2.75) is 352 Å². The molecule has 17 N–H and O–H groups in total. The molecule has 0 aliphatic carbocycles. The Balaban J connectivity index is 1.87. The third kappa shape index (κ3) is 30.1. The van der Waals surface area contributed by atoms with Crippen LogP contribution < -0.4 is 0 Å². The van der Waals surface area contributed by atoms with Gasteiger partial charge in [-0.25, -0.2) is 0 Å². The van der Waals surface area contributed by atoms with Crippen molar-refractivity contribution in [3.05, 3.63) is 47.6 Å². The van der Waals surface area contributed by atoms with Gasteiger partial charge < -0.3 is 111 Å². The number of aliphatic hydroxyl groups is 17. The molecule has 0 radical (unpaired) electrons. The van der Waals surface area contributed by atoms with Gasteiger partial charge in [-0.15, -0.1) is 0 Å². The number of ether oxygens (including phenoxy) is 4. The molecule has 2 saturated heterocycles. The zero-order chi connectivity index (χ0) is 73.3. The van der Waals surface area contributed by atoms with E-state index in [-0.39, 0.29) is 89.4 Å². The van der Waals surface area contributed by atoms with Crippen LogP contribution in [0, 0.1) is 47.3 Å². The Bertz CT molecular complexity index is 2310. The van der Waals surface area contributed by atoms with Crippen LogP contribution in [0.3, 0.4) is 0 Å². The Morgan fingerprint density at radius 3 is 1.79 bits per heavy atom. The SMILES string of the molecule is C/C1=C\C=C\C[C@@H](O)[C@H](C)[C@@H](O)CCC[C@@H](O)C[C@H](O)/C(C)=C/[C@H](CCCC(C)C(C)C)[C@@H](O)C(O)CC[C@@H](O)C[C@H](O)C[C@@H](O)[C@@H](C)CC[C@@H](O)[C@H](C)[C@@H](O)CCC[C@H](O)C[C@H](O)/C=C/C(C)OC(=O)CC2(O)O[C@@H](C[C@H](OC3O[C@H](C)[C@@H](O)[C@H](N(C)C)[C@H]3O)[C@H]2C)[C@@H](C)[C@@H]1O. The van der Waals surface area contributed by atoms with Crippen molar-refractivity contribution in [3.63, 3.8) is 0 Å². The summed E-state index contributed by atoms with van der Waals surface area (Å²) in [7, 11) is 3.40. The number of allylic oxidation sites excluding steroid dienone is 2. The molecular weight excluding hydrogens is 1250 g/mol. The fourth-order valence-electron chi connectivity index (χ4n) is 13.7. The van der Waals surface area contributed by atoms with Gasteiger partial charge in [0, 0.05) is 48.9 Å². The summed E-state index contributed by atoms with van der Waals surface area (Å²) in [5, 5.41) is 191. The number of fused-ring (bicyclic) bond motifs is 2. The summed E-state index contributed by atoms with van der Waals surface area (Å²) in [6, 6.07) is -0.782. The predicted octanol–water partition coefficient (Wildman–Crippen LogP) is 4.75. The van der Waals surface area contributed by atoms with Crippen LogP contribution in [-0.4, -0.2) is 252 Å². The van der Waals surface area contributed by atoms with Crippen molar-refractivity contribution in [1.82, 2.24) is 4.90 Å². The van der Waals surface area contributed by atoms with Gasteiger partial charge in [0.1, 0.15) is 12.2 Å². The number of rotatable bonds is 8. The molecule has 0 aromatic carbocycles. The van der Waals surface area contributed by atoms with E-state index in [1.807, 2.05) is 0 Å². The van der Waals surface area contributed by atoms with Crippen LogP contribution in [0.5, 0.6) is 0 Å². The maximum Gasteiger partial charge on any atom is 0.311 e. The molecule has 0 saturated carbocycles. The Labute approximate surface area is 579 Å². The second-order valence-electron chi connectivity index (χ2n) is 30.5. The summed E-state index contributed by atoms with van der Waals surface area (Å²) >= 11 is 0. The summed E-state index contributed by atoms with van der Waals surface area (Å²) in [5.74, 6) is -6.06. The Morgan fingerprint density at radius 1 is 0.608 bits per heavy atom. The Kier molecular flexibility index (Phi) is 40.0. The molecule has 2 fully saturated rings. The van der Waals surface area contributed by atoms with E-state index >= 15 is 0 Å². The fourth-order valence-corrected chi connectivity index (χ4v) is 13.7. The zero-order valence-corrected chi connectivity index (χ0v) is 61.0. The molecule has 3 heterocycles. The molecule has 0 amide bonds. The van der Waals surface area contributed by atoms with Gasteiger partial charge in [-0.1, -0.05) is 98.6 Å². The second kappa shape index (κ2) is 43.6. The predicted molar refractivity (Wildman–Crippen MR) is 370 cm³/mol. The molecule has 23 nitrogen and oxygen atoms in total.